The van der Waals surface area contributed by atoms with Crippen LogP contribution in [0.4, 0.5) is 5.69 Å². The molecule has 0 saturated carbocycles. The van der Waals surface area contributed by atoms with Crippen molar-refractivity contribution in [2.45, 2.75) is 34.3 Å². The molecule has 3 rings (SSSR count). The van der Waals surface area contributed by atoms with Crippen LogP contribution in [0.5, 0.6) is 5.75 Å². The third kappa shape index (κ3) is 5.78. The highest BCUT2D eigenvalue weighted by Crippen LogP contribution is 2.27. The highest BCUT2D eigenvalue weighted by atomic mass is 35.5. The van der Waals surface area contributed by atoms with Gasteiger partial charge in [0.1, 0.15) is 24.0 Å². The predicted molar refractivity (Wildman–Crippen MR) is 130 cm³/mol. The van der Waals surface area contributed by atoms with E-state index in [1.807, 2.05) is 44.2 Å². The SMILES string of the molecule is Cc1ccc(C)c(NC(=O)/C(C#N)=C/c2cc(Cl)ccc2OCc2ccc(C)c(C)c2)c1. The smallest absolute Gasteiger partial charge is 0.266 e. The first kappa shape index (κ1) is 23.1. The number of halogens is 1. The molecule has 0 radical (unpaired) electrons. The van der Waals surface area contributed by atoms with Crippen molar-refractivity contribution in [3.63, 3.8) is 0 Å². The molecule has 4 nitrogen and oxygen atoms in total. The van der Waals surface area contributed by atoms with E-state index in [4.69, 9.17) is 16.3 Å². The Bertz CT molecular complexity index is 1240. The Morgan fingerprint density at radius 3 is 2.47 bits per heavy atom. The highest BCUT2D eigenvalue weighted by molar-refractivity contribution is 6.30. The number of hydrogen-bond donors (Lipinski definition) is 1. The number of benzene rings is 3. The van der Waals surface area contributed by atoms with Crippen LogP contribution in [0.1, 0.15) is 33.4 Å². The van der Waals surface area contributed by atoms with E-state index in [1.54, 1.807) is 18.2 Å². The van der Waals surface area contributed by atoms with Crippen molar-refractivity contribution in [3.05, 3.63) is 98.6 Å². The Morgan fingerprint density at radius 2 is 1.75 bits per heavy atom. The fraction of sp³-hybridized carbons (Fsp3) is 0.185. The number of anilines is 1. The van der Waals surface area contributed by atoms with Crippen LogP contribution in [0.15, 0.2) is 60.2 Å². The minimum atomic E-state index is -0.485. The summed E-state index contributed by atoms with van der Waals surface area (Å²) < 4.78 is 6.01. The van der Waals surface area contributed by atoms with Gasteiger partial charge < -0.3 is 10.1 Å². The number of rotatable bonds is 6. The summed E-state index contributed by atoms with van der Waals surface area (Å²) in [7, 11) is 0. The van der Waals surface area contributed by atoms with E-state index in [-0.39, 0.29) is 5.57 Å². The molecule has 1 N–H and O–H groups in total. The van der Waals surface area contributed by atoms with Crippen LogP contribution < -0.4 is 10.1 Å². The van der Waals surface area contributed by atoms with E-state index in [9.17, 15) is 10.1 Å². The van der Waals surface area contributed by atoms with Gasteiger partial charge in [0.2, 0.25) is 0 Å². The summed E-state index contributed by atoms with van der Waals surface area (Å²) in [5, 5.41) is 12.9. The van der Waals surface area contributed by atoms with Crippen LogP contribution in [0.25, 0.3) is 6.08 Å². The zero-order chi connectivity index (χ0) is 23.3. The van der Waals surface area contributed by atoms with E-state index < -0.39 is 5.91 Å². The van der Waals surface area contributed by atoms with Crippen molar-refractivity contribution >= 4 is 29.3 Å². The number of amides is 1. The zero-order valence-corrected chi connectivity index (χ0v) is 19.4. The first-order chi connectivity index (χ1) is 15.3. The van der Waals surface area contributed by atoms with Gasteiger partial charge in [0.05, 0.1) is 0 Å². The molecular weight excluding hydrogens is 420 g/mol. The minimum Gasteiger partial charge on any atom is -0.488 e. The fourth-order valence-electron chi connectivity index (χ4n) is 3.18. The summed E-state index contributed by atoms with van der Waals surface area (Å²) >= 11 is 6.18. The number of nitrogens with one attached hydrogen (secondary N) is 1. The topological polar surface area (TPSA) is 62.1 Å². The van der Waals surface area contributed by atoms with Crippen LogP contribution in [-0.4, -0.2) is 5.91 Å². The normalized spacial score (nSPS) is 11.1. The van der Waals surface area contributed by atoms with Gasteiger partial charge in [-0.15, -0.1) is 0 Å². The number of ether oxygens (including phenoxy) is 1. The van der Waals surface area contributed by atoms with Crippen molar-refractivity contribution in [2.24, 2.45) is 0 Å². The molecule has 0 aromatic heterocycles. The molecule has 3 aromatic carbocycles. The molecule has 3 aromatic rings. The van der Waals surface area contributed by atoms with E-state index in [0.717, 1.165) is 16.7 Å². The number of nitriles is 1. The Labute approximate surface area is 194 Å². The Morgan fingerprint density at radius 1 is 1.00 bits per heavy atom. The van der Waals surface area contributed by atoms with E-state index in [0.29, 0.717) is 28.6 Å². The van der Waals surface area contributed by atoms with E-state index in [2.05, 4.69) is 31.3 Å². The molecular formula is C27H25ClN2O2. The Hall–Kier alpha value is -3.55. The Balaban J connectivity index is 1.85. The van der Waals surface area contributed by atoms with Gasteiger partial charge in [-0.2, -0.15) is 5.26 Å². The van der Waals surface area contributed by atoms with Crippen LogP contribution in [0.2, 0.25) is 5.02 Å². The van der Waals surface area contributed by atoms with Gasteiger partial charge in [-0.1, -0.05) is 41.9 Å². The fourth-order valence-corrected chi connectivity index (χ4v) is 3.36. The molecule has 0 saturated heterocycles. The lowest BCUT2D eigenvalue weighted by Gasteiger charge is -2.12. The molecule has 0 atom stereocenters. The van der Waals surface area contributed by atoms with Gasteiger partial charge in [0.15, 0.2) is 0 Å². The third-order valence-electron chi connectivity index (χ3n) is 5.24. The van der Waals surface area contributed by atoms with Crippen LogP contribution in [0.3, 0.4) is 0 Å². The lowest BCUT2D eigenvalue weighted by Crippen LogP contribution is -2.14. The third-order valence-corrected chi connectivity index (χ3v) is 5.48. The van der Waals surface area contributed by atoms with Crippen LogP contribution in [0, 0.1) is 39.0 Å². The summed E-state index contributed by atoms with van der Waals surface area (Å²) in [6, 6.07) is 19.1. The molecule has 5 heteroatoms. The summed E-state index contributed by atoms with van der Waals surface area (Å²) in [5.41, 5.74) is 6.58. The van der Waals surface area contributed by atoms with Gasteiger partial charge in [-0.05, 0) is 85.9 Å². The molecule has 0 bridgehead atoms. The summed E-state index contributed by atoms with van der Waals surface area (Å²) in [6.45, 7) is 8.33. The van der Waals surface area contributed by atoms with Gasteiger partial charge >= 0.3 is 0 Å². The number of hydrogen-bond acceptors (Lipinski definition) is 3. The maximum atomic E-state index is 12.8. The largest absolute Gasteiger partial charge is 0.488 e. The second-order valence-corrected chi connectivity index (χ2v) is 8.27. The monoisotopic (exact) mass is 444 g/mol. The number of aryl methyl sites for hydroxylation is 4. The second-order valence-electron chi connectivity index (χ2n) is 7.83. The average molecular weight is 445 g/mol. The van der Waals surface area contributed by atoms with Crippen molar-refractivity contribution in [3.8, 4) is 11.8 Å². The van der Waals surface area contributed by atoms with Gasteiger partial charge in [-0.25, -0.2) is 0 Å². The molecule has 0 fully saturated rings. The van der Waals surface area contributed by atoms with Crippen molar-refractivity contribution in [1.82, 2.24) is 0 Å². The quantitative estimate of drug-likeness (QED) is 0.340. The van der Waals surface area contributed by atoms with E-state index >= 15 is 0 Å². The maximum Gasteiger partial charge on any atom is 0.266 e. The van der Waals surface area contributed by atoms with Crippen molar-refractivity contribution < 1.29 is 9.53 Å². The minimum absolute atomic E-state index is 0.0378. The van der Waals surface area contributed by atoms with Gasteiger partial charge in [0.25, 0.3) is 5.91 Å². The van der Waals surface area contributed by atoms with Gasteiger partial charge in [0, 0.05) is 16.3 Å². The first-order valence-corrected chi connectivity index (χ1v) is 10.6. The number of carbonyl (C=O) groups excluding carboxylic acids is 1. The van der Waals surface area contributed by atoms with Crippen LogP contribution >= 0.6 is 11.6 Å². The number of carbonyl (C=O) groups is 1. The van der Waals surface area contributed by atoms with Crippen molar-refractivity contribution in [1.29, 1.82) is 5.26 Å². The highest BCUT2D eigenvalue weighted by Gasteiger charge is 2.13. The summed E-state index contributed by atoms with van der Waals surface area (Å²) in [4.78, 5) is 12.8. The second kappa shape index (κ2) is 10.2. The molecule has 162 valence electrons. The average Bonchev–Trinajstić information content (AvgIpc) is 2.76. The maximum absolute atomic E-state index is 12.8. The summed E-state index contributed by atoms with van der Waals surface area (Å²) in [5.74, 6) is 0.0567. The molecule has 0 aliphatic carbocycles. The number of nitrogens with zero attached hydrogens (tertiary/aromatic N) is 1. The summed E-state index contributed by atoms with van der Waals surface area (Å²) in [6.07, 6.45) is 1.50. The molecule has 0 aliphatic rings. The van der Waals surface area contributed by atoms with Crippen molar-refractivity contribution in [2.75, 3.05) is 5.32 Å². The van der Waals surface area contributed by atoms with E-state index in [1.165, 1.54) is 17.2 Å². The Kier molecular flexibility index (Phi) is 7.35. The molecule has 32 heavy (non-hydrogen) atoms. The van der Waals surface area contributed by atoms with Crippen LogP contribution in [-0.2, 0) is 11.4 Å². The lowest BCUT2D eigenvalue weighted by molar-refractivity contribution is -0.112. The molecule has 1 amide bonds. The standard InChI is InChI=1S/C27H25ClN2O2/c1-17-5-6-19(3)25(11-17)30-27(31)23(15-29)13-22-14-24(28)9-10-26(22)32-16-21-8-7-18(2)20(4)12-21/h5-14H,16H2,1-4H3,(H,30,31)/b23-13+. The molecule has 0 spiro atoms. The molecule has 0 aliphatic heterocycles. The molecule has 0 heterocycles. The predicted octanol–water partition coefficient (Wildman–Crippen LogP) is 6.70. The lowest BCUT2D eigenvalue weighted by atomic mass is 10.1. The zero-order valence-electron chi connectivity index (χ0n) is 18.6. The van der Waals surface area contributed by atoms with Gasteiger partial charge in [-0.3, -0.25) is 4.79 Å². The molecule has 0 unspecified atom stereocenters. The first-order valence-electron chi connectivity index (χ1n) is 10.3.